The maximum atomic E-state index is 13.4. The van der Waals surface area contributed by atoms with Crippen LogP contribution in [0.2, 0.25) is 0 Å². The van der Waals surface area contributed by atoms with Crippen molar-refractivity contribution >= 4 is 29.1 Å². The third kappa shape index (κ3) is 6.07. The van der Waals surface area contributed by atoms with Crippen LogP contribution in [0.5, 0.6) is 5.88 Å². The summed E-state index contributed by atoms with van der Waals surface area (Å²) in [7, 11) is 0. The zero-order valence-electron chi connectivity index (χ0n) is 20.0. The number of rotatable bonds is 8. The van der Waals surface area contributed by atoms with Gasteiger partial charge in [0.1, 0.15) is 18.5 Å². The molecule has 0 saturated carbocycles. The molecule has 1 fully saturated rings. The van der Waals surface area contributed by atoms with E-state index in [4.69, 9.17) is 9.84 Å². The van der Waals surface area contributed by atoms with Crippen LogP contribution in [0.1, 0.15) is 36.8 Å². The van der Waals surface area contributed by atoms with Gasteiger partial charge in [-0.05, 0) is 18.9 Å². The Kier molecular flexibility index (Phi) is 7.78. The van der Waals surface area contributed by atoms with Crippen LogP contribution >= 0.6 is 0 Å². The summed E-state index contributed by atoms with van der Waals surface area (Å²) in [4.78, 5) is 41.8. The van der Waals surface area contributed by atoms with Crippen LogP contribution in [0.25, 0.3) is 0 Å². The molecule has 3 atom stereocenters. The molecule has 37 heavy (non-hydrogen) atoms. The Hall–Kier alpha value is -3.52. The van der Waals surface area contributed by atoms with Crippen LogP contribution in [0.15, 0.2) is 24.4 Å². The second-order valence-corrected chi connectivity index (χ2v) is 9.02. The van der Waals surface area contributed by atoms with E-state index in [2.05, 4.69) is 20.3 Å². The molecule has 2 amide bonds. The molecule has 2 aromatic rings. The summed E-state index contributed by atoms with van der Waals surface area (Å²) in [5.41, 5.74) is 0.509. The number of carbonyl (C=O) groups excluding carboxylic acids is 2. The summed E-state index contributed by atoms with van der Waals surface area (Å²) in [5.74, 6) is -2.71. The van der Waals surface area contributed by atoms with E-state index in [-0.39, 0.29) is 36.0 Å². The third-order valence-electron chi connectivity index (χ3n) is 6.19. The van der Waals surface area contributed by atoms with Crippen molar-refractivity contribution in [3.8, 4) is 5.88 Å². The summed E-state index contributed by atoms with van der Waals surface area (Å²) in [5, 5.41) is 21.0. The van der Waals surface area contributed by atoms with Gasteiger partial charge < -0.3 is 19.8 Å². The quantitative estimate of drug-likeness (QED) is 0.444. The van der Waals surface area contributed by atoms with Crippen LogP contribution in [-0.4, -0.2) is 81.6 Å². The molecule has 3 N–H and O–H groups in total. The first kappa shape index (κ1) is 26.5. The number of amides is 2. The van der Waals surface area contributed by atoms with Gasteiger partial charge in [-0.1, -0.05) is 13.0 Å². The second-order valence-electron chi connectivity index (χ2n) is 9.02. The SMILES string of the molecule is C[C@@H](CC(=O)c1ncc2c(n1)N(C(=O)Nc1cccc(OC[C@@H](O)CO)n1)[C@H]1CCCN2C1)C(F)(F)F. The second kappa shape index (κ2) is 10.8. The lowest BCUT2D eigenvalue weighted by Crippen LogP contribution is -2.56. The number of fused-ring (bicyclic) bond motifs is 4. The highest BCUT2D eigenvalue weighted by Gasteiger charge is 2.40. The predicted molar refractivity (Wildman–Crippen MR) is 126 cm³/mol. The van der Waals surface area contributed by atoms with E-state index >= 15 is 0 Å². The van der Waals surface area contributed by atoms with Crippen molar-refractivity contribution in [3.05, 3.63) is 30.2 Å². The van der Waals surface area contributed by atoms with Crippen molar-refractivity contribution in [3.63, 3.8) is 0 Å². The number of piperidine rings is 1. The third-order valence-corrected chi connectivity index (χ3v) is 6.19. The highest BCUT2D eigenvalue weighted by Crippen LogP contribution is 2.38. The van der Waals surface area contributed by atoms with Crippen LogP contribution in [0.4, 0.5) is 35.3 Å². The van der Waals surface area contributed by atoms with Crippen molar-refractivity contribution in [2.75, 3.05) is 41.4 Å². The lowest BCUT2D eigenvalue weighted by Gasteiger charge is -2.45. The molecule has 0 aliphatic carbocycles. The first-order chi connectivity index (χ1) is 17.6. The van der Waals surface area contributed by atoms with Gasteiger partial charge in [0.15, 0.2) is 11.6 Å². The number of ether oxygens (including phenoxy) is 1. The number of urea groups is 1. The molecule has 1 saturated heterocycles. The Morgan fingerprint density at radius 1 is 1.30 bits per heavy atom. The minimum atomic E-state index is -4.53. The molecule has 2 aliphatic rings. The van der Waals surface area contributed by atoms with Gasteiger partial charge in [-0.3, -0.25) is 15.0 Å². The Morgan fingerprint density at radius 3 is 2.81 bits per heavy atom. The van der Waals surface area contributed by atoms with Crippen molar-refractivity contribution in [1.82, 2.24) is 15.0 Å². The van der Waals surface area contributed by atoms with E-state index < -0.39 is 43.0 Å². The molecule has 0 aromatic carbocycles. The van der Waals surface area contributed by atoms with Crippen LogP contribution in [-0.2, 0) is 0 Å². The van der Waals surface area contributed by atoms with E-state index in [1.807, 2.05) is 4.90 Å². The average Bonchev–Trinajstić information content (AvgIpc) is 2.86. The Balaban J connectivity index is 1.57. The fraction of sp³-hybridized carbons (Fsp3) is 0.522. The van der Waals surface area contributed by atoms with Gasteiger partial charge in [-0.25, -0.2) is 14.8 Å². The topological polar surface area (TPSA) is 141 Å². The van der Waals surface area contributed by atoms with Crippen LogP contribution in [0, 0.1) is 5.92 Å². The molecule has 11 nitrogen and oxygen atoms in total. The maximum absolute atomic E-state index is 13.4. The van der Waals surface area contributed by atoms with E-state index in [1.165, 1.54) is 23.2 Å². The molecule has 14 heteroatoms. The monoisotopic (exact) mass is 524 g/mol. The first-order valence-corrected chi connectivity index (χ1v) is 11.8. The minimum absolute atomic E-state index is 0.113. The molecule has 0 unspecified atom stereocenters. The van der Waals surface area contributed by atoms with E-state index in [9.17, 15) is 27.9 Å². The number of nitrogens with one attached hydrogen (secondary N) is 1. The number of halogens is 3. The molecule has 200 valence electrons. The summed E-state index contributed by atoms with van der Waals surface area (Å²) >= 11 is 0. The van der Waals surface area contributed by atoms with Gasteiger partial charge >= 0.3 is 12.2 Å². The number of pyridine rings is 1. The van der Waals surface area contributed by atoms with Crippen molar-refractivity contribution in [2.45, 2.75) is 44.5 Å². The zero-order chi connectivity index (χ0) is 26.7. The van der Waals surface area contributed by atoms with Gasteiger partial charge in [-0.15, -0.1) is 0 Å². The number of aliphatic hydroxyl groups excluding tert-OH is 2. The first-order valence-electron chi connectivity index (χ1n) is 11.8. The molecule has 0 radical (unpaired) electrons. The lowest BCUT2D eigenvalue weighted by molar-refractivity contribution is -0.168. The molecule has 2 aromatic heterocycles. The molecule has 0 spiro atoms. The maximum Gasteiger partial charge on any atom is 0.391 e. The normalized spacial score (nSPS) is 18.6. The van der Waals surface area contributed by atoms with Gasteiger partial charge in [0.05, 0.1) is 30.5 Å². The van der Waals surface area contributed by atoms with E-state index in [0.29, 0.717) is 25.2 Å². The number of alkyl halides is 3. The van der Waals surface area contributed by atoms with E-state index in [0.717, 1.165) is 13.3 Å². The molecule has 2 aliphatic heterocycles. The molecule has 4 heterocycles. The van der Waals surface area contributed by atoms with Gasteiger partial charge in [0.2, 0.25) is 11.7 Å². The molecular weight excluding hydrogens is 497 g/mol. The highest BCUT2D eigenvalue weighted by atomic mass is 19.4. The fourth-order valence-electron chi connectivity index (χ4n) is 4.17. The van der Waals surface area contributed by atoms with E-state index in [1.54, 1.807) is 6.07 Å². The number of ketones is 1. The number of nitrogens with zero attached hydrogens (tertiary/aromatic N) is 5. The number of hydrogen-bond acceptors (Lipinski definition) is 9. The highest BCUT2D eigenvalue weighted by molar-refractivity contribution is 6.04. The number of carbonyl (C=O) groups is 2. The lowest BCUT2D eigenvalue weighted by atomic mass is 10.00. The Morgan fingerprint density at radius 2 is 2.08 bits per heavy atom. The number of Topliss-reactive ketones (excluding diaryl/α,β-unsaturated/α-hetero) is 1. The number of hydrogen-bond donors (Lipinski definition) is 3. The predicted octanol–water partition coefficient (Wildman–Crippen LogP) is 2.40. The van der Waals surface area contributed by atoms with Crippen LogP contribution in [0.3, 0.4) is 0 Å². The summed E-state index contributed by atoms with van der Waals surface area (Å²) in [6.45, 7) is 1.45. The van der Waals surface area contributed by atoms with Gasteiger partial charge in [-0.2, -0.15) is 18.2 Å². The van der Waals surface area contributed by atoms with Crippen molar-refractivity contribution in [2.24, 2.45) is 5.92 Å². The summed E-state index contributed by atoms with van der Waals surface area (Å²) in [6.07, 6.45) is -3.59. The number of anilines is 3. The summed E-state index contributed by atoms with van der Waals surface area (Å²) < 4.78 is 44.2. The zero-order valence-corrected chi connectivity index (χ0v) is 20.0. The Labute approximate surface area is 210 Å². The molecule has 2 bridgehead atoms. The minimum Gasteiger partial charge on any atom is -0.475 e. The van der Waals surface area contributed by atoms with Crippen LogP contribution < -0.4 is 19.9 Å². The average molecular weight is 525 g/mol. The van der Waals surface area contributed by atoms with Crippen molar-refractivity contribution < 1.29 is 37.7 Å². The smallest absolute Gasteiger partial charge is 0.391 e. The number of aromatic nitrogens is 3. The largest absolute Gasteiger partial charge is 0.475 e. The molecule has 4 rings (SSSR count). The fourth-order valence-corrected chi connectivity index (χ4v) is 4.17. The molecular formula is C23H27F3N6O5. The summed E-state index contributed by atoms with van der Waals surface area (Å²) in [6, 6.07) is 3.75. The number of aliphatic hydroxyl groups is 2. The standard InChI is InChI=1S/C23H27F3N6O5/c1-13(23(24,25)26)8-17(35)20-27-9-16-21(30-20)32(14-4-3-7-31(16)10-14)22(36)29-18-5-2-6-19(28-18)37-12-15(34)11-33/h2,5-6,9,13-15,33-34H,3-4,7-8,10-12H2,1H3,(H,28,29,36)/t13-,14-,15-/m0/s1. The van der Waals surface area contributed by atoms with Crippen molar-refractivity contribution in [1.29, 1.82) is 0 Å². The Bertz CT molecular complexity index is 1150. The van der Waals surface area contributed by atoms with Gasteiger partial charge in [0, 0.05) is 25.6 Å². The van der Waals surface area contributed by atoms with Gasteiger partial charge in [0.25, 0.3) is 0 Å².